The molecule has 2 aliphatic heterocycles. The number of benzene rings is 1. The average Bonchev–Trinajstić information content (AvgIpc) is 3.79. The van der Waals surface area contributed by atoms with Crippen molar-refractivity contribution < 1.29 is 57.8 Å². The largest absolute Gasteiger partial charge is 0.508 e. The fourth-order valence-corrected chi connectivity index (χ4v) is 10.4. The highest BCUT2D eigenvalue weighted by molar-refractivity contribution is 8.77. The van der Waals surface area contributed by atoms with Gasteiger partial charge in [0.25, 0.3) is 0 Å². The lowest BCUT2D eigenvalue weighted by Gasteiger charge is -2.33. The van der Waals surface area contributed by atoms with Gasteiger partial charge in [0, 0.05) is 29.9 Å². The van der Waals surface area contributed by atoms with Crippen molar-refractivity contribution in [1.29, 1.82) is 0 Å². The number of rotatable bonds is 17. The molecule has 26 heteroatoms. The second kappa shape index (κ2) is 27.5. The van der Waals surface area contributed by atoms with Crippen molar-refractivity contribution >= 4 is 86.6 Å². The molecule has 9 atom stereocenters. The van der Waals surface area contributed by atoms with E-state index >= 15 is 0 Å². The standard InChI is InChI=1S/C45H70N12O12S2/c1-7-23(4)35-42(67)51-26(14-15-32(46)59)38(63)52-29(19-33(47)60)39(64)55-30(44(69)57-16-8-9-31(57)41(66)53-27(17-22(2)3)37(62)50-20-34(48)61)21-70-71-45(5,6)36(49)43(68)54-28(40(65)56-35)18-24-10-12-25(58)13-11-24/h10-13,22-23,26-31,35-36,58H,7-9,14-21,49H2,1-6H3,(H2,46,59)(H2,47,60)(H2,48,61)(H,50,62)(H,51,67)(H,52,63)(H,53,66)(H,54,68)(H,55,64)(H,56,65)/t23-,26?,27-,28-,29-,30-,31-,35-,36+/m0/s1. The monoisotopic (exact) mass is 1030 g/mol. The zero-order valence-corrected chi connectivity index (χ0v) is 42.5. The first-order valence-corrected chi connectivity index (χ1v) is 25.7. The molecule has 394 valence electrons. The molecule has 2 fully saturated rings. The molecule has 0 aromatic heterocycles. The number of phenolic OH excluding ortho intramolecular Hbond substituents is 1. The highest BCUT2D eigenvalue weighted by Gasteiger charge is 2.42. The fourth-order valence-electron chi connectivity index (χ4n) is 7.63. The van der Waals surface area contributed by atoms with Crippen LogP contribution in [-0.2, 0) is 59.2 Å². The molecule has 0 bridgehead atoms. The Hall–Kier alpha value is -6.15. The number of primary amides is 3. The maximum atomic E-state index is 14.7. The average molecular weight is 1040 g/mol. The number of nitrogens with zero attached hydrogens (tertiary/aromatic N) is 1. The Morgan fingerprint density at radius 1 is 0.817 bits per heavy atom. The summed E-state index contributed by atoms with van der Waals surface area (Å²) in [4.78, 5) is 149. The first-order valence-electron chi connectivity index (χ1n) is 23.3. The minimum Gasteiger partial charge on any atom is -0.508 e. The predicted octanol–water partition coefficient (Wildman–Crippen LogP) is -2.83. The summed E-state index contributed by atoms with van der Waals surface area (Å²) < 4.78 is -1.16. The SMILES string of the molecule is CC[C@H](C)[C@@H]1NC(=O)[C@H](Cc2ccc(O)cc2)NC(=O)[C@@H](N)C(C)(C)SSC[C@@H](C(=O)N2CCC[C@H]2C(=O)N[C@@H](CC(C)C)C(=O)NCC(N)=O)NC(=O)[C@H](CC(N)=O)NC(=O)C(CCC(N)=O)NC1=O. The summed E-state index contributed by atoms with van der Waals surface area (Å²) in [6.07, 6.45) is -0.746. The van der Waals surface area contributed by atoms with E-state index in [0.29, 0.717) is 18.4 Å². The van der Waals surface area contributed by atoms with Gasteiger partial charge in [0.2, 0.25) is 65.0 Å². The number of carbonyl (C=O) groups excluding carboxylic acids is 11. The summed E-state index contributed by atoms with van der Waals surface area (Å²) in [6.45, 7) is 9.87. The molecule has 1 aromatic carbocycles. The van der Waals surface area contributed by atoms with E-state index in [1.165, 1.54) is 17.0 Å². The van der Waals surface area contributed by atoms with Crippen LogP contribution in [0.4, 0.5) is 0 Å². The highest BCUT2D eigenvalue weighted by Crippen LogP contribution is 2.38. The maximum absolute atomic E-state index is 14.7. The van der Waals surface area contributed by atoms with Crippen molar-refractivity contribution in [3.05, 3.63) is 29.8 Å². The molecule has 2 aliphatic rings. The quantitative estimate of drug-likeness (QED) is 0.0700. The van der Waals surface area contributed by atoms with E-state index in [9.17, 15) is 57.8 Å². The molecular formula is C45H70N12O12S2. The van der Waals surface area contributed by atoms with Gasteiger partial charge < -0.3 is 70.2 Å². The first-order chi connectivity index (χ1) is 33.2. The topological polar surface area (TPSA) is 400 Å². The van der Waals surface area contributed by atoms with Crippen LogP contribution in [0.1, 0.15) is 92.1 Å². The zero-order chi connectivity index (χ0) is 53.3. The molecule has 2 heterocycles. The van der Waals surface area contributed by atoms with Crippen molar-refractivity contribution in [3.8, 4) is 5.75 Å². The molecule has 0 saturated carbocycles. The van der Waals surface area contributed by atoms with Crippen molar-refractivity contribution in [2.24, 2.45) is 34.8 Å². The number of aromatic hydroxyl groups is 1. The van der Waals surface area contributed by atoms with Gasteiger partial charge in [0.1, 0.15) is 48.0 Å². The van der Waals surface area contributed by atoms with Gasteiger partial charge in [0.15, 0.2) is 0 Å². The Morgan fingerprint density at radius 2 is 1.42 bits per heavy atom. The fraction of sp³-hybridized carbons (Fsp3) is 0.622. The summed E-state index contributed by atoms with van der Waals surface area (Å²) in [6, 6.07) is -5.23. The van der Waals surface area contributed by atoms with Crippen LogP contribution in [0.25, 0.3) is 0 Å². The van der Waals surface area contributed by atoms with Crippen molar-refractivity contribution in [3.63, 3.8) is 0 Å². The van der Waals surface area contributed by atoms with Gasteiger partial charge in [-0.2, -0.15) is 0 Å². The number of nitrogens with two attached hydrogens (primary N) is 4. The predicted molar refractivity (Wildman–Crippen MR) is 264 cm³/mol. The van der Waals surface area contributed by atoms with Gasteiger partial charge in [-0.3, -0.25) is 52.7 Å². The highest BCUT2D eigenvalue weighted by atomic mass is 33.1. The van der Waals surface area contributed by atoms with Crippen molar-refractivity contribution in [2.45, 2.75) is 146 Å². The normalized spacial score (nSPS) is 24.7. The van der Waals surface area contributed by atoms with E-state index < -0.39 is 150 Å². The number of likely N-dealkylation sites (tertiary alicyclic amines) is 1. The smallest absolute Gasteiger partial charge is 0.246 e. The Balaban J connectivity index is 2.12. The number of hydrogen-bond acceptors (Lipinski definition) is 15. The van der Waals surface area contributed by atoms with E-state index in [0.717, 1.165) is 21.6 Å². The maximum Gasteiger partial charge on any atom is 0.246 e. The van der Waals surface area contributed by atoms with E-state index in [4.69, 9.17) is 22.9 Å². The molecule has 1 aromatic rings. The summed E-state index contributed by atoms with van der Waals surface area (Å²) in [7, 11) is 2.08. The Labute approximate surface area is 420 Å². The van der Waals surface area contributed by atoms with Gasteiger partial charge in [-0.25, -0.2) is 0 Å². The van der Waals surface area contributed by atoms with Gasteiger partial charge in [-0.1, -0.05) is 67.8 Å². The molecule has 0 spiro atoms. The first kappa shape index (κ1) is 59.2. The summed E-state index contributed by atoms with van der Waals surface area (Å²) in [5.74, 6) is -10.4. The number of amides is 11. The van der Waals surface area contributed by atoms with Crippen LogP contribution in [0, 0.1) is 11.8 Å². The zero-order valence-electron chi connectivity index (χ0n) is 40.9. The molecular weight excluding hydrogens is 965 g/mol. The van der Waals surface area contributed by atoms with Crippen LogP contribution in [0.15, 0.2) is 24.3 Å². The molecule has 2 saturated heterocycles. The molecule has 71 heavy (non-hydrogen) atoms. The lowest BCUT2D eigenvalue weighted by Crippen LogP contribution is -2.62. The number of phenols is 1. The minimum atomic E-state index is -1.76. The molecule has 24 nitrogen and oxygen atoms in total. The van der Waals surface area contributed by atoms with Crippen LogP contribution < -0.4 is 60.2 Å². The third-order valence-corrected chi connectivity index (χ3v) is 15.2. The van der Waals surface area contributed by atoms with E-state index in [2.05, 4.69) is 37.2 Å². The molecule has 11 amide bonds. The van der Waals surface area contributed by atoms with Crippen LogP contribution in [0.2, 0.25) is 0 Å². The van der Waals surface area contributed by atoms with Crippen LogP contribution in [-0.4, -0.2) is 147 Å². The van der Waals surface area contributed by atoms with Crippen molar-refractivity contribution in [2.75, 3.05) is 18.8 Å². The van der Waals surface area contributed by atoms with E-state index in [1.54, 1.807) is 39.8 Å². The molecule has 0 aliphatic carbocycles. The Morgan fingerprint density at radius 3 is 2.01 bits per heavy atom. The van der Waals surface area contributed by atoms with Crippen LogP contribution >= 0.6 is 21.6 Å². The van der Waals surface area contributed by atoms with Crippen LogP contribution in [0.3, 0.4) is 0 Å². The number of carbonyl (C=O) groups is 11. The van der Waals surface area contributed by atoms with Crippen LogP contribution in [0.5, 0.6) is 5.75 Å². The summed E-state index contributed by atoms with van der Waals surface area (Å²) in [5, 5.41) is 27.9. The summed E-state index contributed by atoms with van der Waals surface area (Å²) >= 11 is 0. The third-order valence-electron chi connectivity index (χ3n) is 11.9. The van der Waals surface area contributed by atoms with Crippen molar-refractivity contribution in [1.82, 2.24) is 42.1 Å². The van der Waals surface area contributed by atoms with E-state index in [1.807, 2.05) is 13.8 Å². The van der Waals surface area contributed by atoms with Gasteiger partial charge in [0.05, 0.1) is 19.0 Å². The lowest BCUT2D eigenvalue weighted by molar-refractivity contribution is -0.142. The van der Waals surface area contributed by atoms with E-state index in [-0.39, 0.29) is 43.2 Å². The summed E-state index contributed by atoms with van der Waals surface area (Å²) in [5.41, 5.74) is 23.3. The Kier molecular flexibility index (Phi) is 22.9. The number of hydrogen-bond donors (Lipinski definition) is 12. The third kappa shape index (κ3) is 18.5. The molecule has 16 N–H and O–H groups in total. The molecule has 0 radical (unpaired) electrons. The molecule has 3 rings (SSSR count). The number of nitrogens with one attached hydrogen (secondary N) is 7. The Bertz CT molecular complexity index is 2130. The van der Waals surface area contributed by atoms with Gasteiger partial charge in [-0.05, 0) is 69.1 Å². The van der Waals surface area contributed by atoms with Gasteiger partial charge in [-0.15, -0.1) is 0 Å². The van der Waals surface area contributed by atoms with Gasteiger partial charge >= 0.3 is 0 Å². The second-order valence-corrected chi connectivity index (χ2v) is 21.7. The minimum absolute atomic E-state index is 0.0412. The molecule has 1 unspecified atom stereocenters. The lowest BCUT2D eigenvalue weighted by atomic mass is 9.96. The second-order valence-electron chi connectivity index (χ2n) is 18.7.